The van der Waals surface area contributed by atoms with Gasteiger partial charge in [-0.2, -0.15) is 4.99 Å². The van der Waals surface area contributed by atoms with Crippen LogP contribution in [0.2, 0.25) is 0 Å². The van der Waals surface area contributed by atoms with Gasteiger partial charge in [0.1, 0.15) is 0 Å². The number of nitrogens with one attached hydrogen (secondary N) is 1. The molecule has 1 aliphatic carbocycles. The molecule has 0 saturated heterocycles. The molecule has 0 radical (unpaired) electrons. The maximum absolute atomic E-state index is 11.6. The normalized spacial score (nSPS) is 17.8. The van der Waals surface area contributed by atoms with Gasteiger partial charge in [-0.25, -0.2) is 4.99 Å². The zero-order chi connectivity index (χ0) is 19.2. The number of nitrogens with zero attached hydrogens (tertiary/aromatic N) is 2. The van der Waals surface area contributed by atoms with Gasteiger partial charge in [-0.15, -0.1) is 0 Å². The number of rotatable bonds is 2. The monoisotopic (exact) mass is 344 g/mol. The lowest BCUT2D eigenvalue weighted by Gasteiger charge is -2.23. The molecule has 1 aromatic carbocycles. The van der Waals surface area contributed by atoms with Crippen LogP contribution in [0.5, 0.6) is 0 Å². The van der Waals surface area contributed by atoms with Crippen molar-refractivity contribution < 1.29 is 4.79 Å². The fraction of sp³-hybridized carbons (Fsp3) is 0.500. The fourth-order valence-corrected chi connectivity index (χ4v) is 4.01. The molecule has 0 spiro atoms. The van der Waals surface area contributed by atoms with Crippen molar-refractivity contribution in [3.05, 3.63) is 22.8 Å². The van der Waals surface area contributed by atoms with Crippen molar-refractivity contribution in [3.8, 4) is 0 Å². The first-order valence-electron chi connectivity index (χ1n) is 8.25. The van der Waals surface area contributed by atoms with Crippen LogP contribution in [0.1, 0.15) is 57.7 Å². The molecular formula is C18H28N6O. The Balaban J connectivity index is 2.83. The Bertz CT molecular complexity index is 785. The quantitative estimate of drug-likeness (QED) is 0.483. The molecule has 2 rings (SSSR count). The number of aliphatic imine (C=N–C) groups is 2. The fourth-order valence-electron chi connectivity index (χ4n) is 4.01. The highest BCUT2D eigenvalue weighted by Gasteiger charge is 2.44. The van der Waals surface area contributed by atoms with E-state index >= 15 is 0 Å². The summed E-state index contributed by atoms with van der Waals surface area (Å²) in [5, 5.41) is 2.89. The van der Waals surface area contributed by atoms with Gasteiger partial charge in [-0.05, 0) is 46.9 Å². The number of hydrogen-bond donors (Lipinski definition) is 4. The minimum atomic E-state index is -0.145. The Kier molecular flexibility index (Phi) is 4.55. The van der Waals surface area contributed by atoms with E-state index < -0.39 is 0 Å². The van der Waals surface area contributed by atoms with Crippen molar-refractivity contribution in [2.24, 2.45) is 27.2 Å². The molecule has 0 saturated carbocycles. The molecule has 1 aliphatic rings. The second kappa shape index (κ2) is 6.06. The lowest BCUT2D eigenvalue weighted by atomic mass is 9.81. The summed E-state index contributed by atoms with van der Waals surface area (Å²) >= 11 is 0. The zero-order valence-electron chi connectivity index (χ0n) is 15.8. The van der Waals surface area contributed by atoms with Crippen LogP contribution >= 0.6 is 0 Å². The minimum absolute atomic E-state index is 0.00854. The van der Waals surface area contributed by atoms with Crippen molar-refractivity contribution >= 4 is 29.2 Å². The van der Waals surface area contributed by atoms with Gasteiger partial charge < -0.3 is 22.5 Å². The van der Waals surface area contributed by atoms with Gasteiger partial charge in [-0.1, -0.05) is 27.7 Å². The number of benzene rings is 1. The highest BCUT2D eigenvalue weighted by atomic mass is 16.1. The average Bonchev–Trinajstić information content (AvgIpc) is 2.57. The van der Waals surface area contributed by atoms with E-state index in [2.05, 4.69) is 49.1 Å². The molecule has 7 N–H and O–H groups in total. The highest BCUT2D eigenvalue weighted by molar-refractivity contribution is 5.95. The second-order valence-electron chi connectivity index (χ2n) is 7.95. The molecule has 0 heterocycles. The third-order valence-electron chi connectivity index (χ3n) is 4.62. The SMILES string of the molecule is CC(=O)Nc1cc2c(c(N=C(N)N=C(N)N)c1C)C(C)(C)CC2(C)C. The third-order valence-corrected chi connectivity index (χ3v) is 4.62. The number of carbonyl (C=O) groups excluding carboxylic acids is 1. The molecule has 7 nitrogen and oxygen atoms in total. The number of carbonyl (C=O) groups is 1. The number of hydrogen-bond acceptors (Lipinski definition) is 2. The molecule has 136 valence electrons. The van der Waals surface area contributed by atoms with Gasteiger partial charge in [-0.3, -0.25) is 4.79 Å². The molecule has 0 aromatic heterocycles. The van der Waals surface area contributed by atoms with Crippen LogP contribution in [0.25, 0.3) is 0 Å². The molecular weight excluding hydrogens is 316 g/mol. The van der Waals surface area contributed by atoms with Crippen molar-refractivity contribution in [2.45, 2.75) is 58.8 Å². The van der Waals surface area contributed by atoms with E-state index in [1.54, 1.807) is 0 Å². The van der Waals surface area contributed by atoms with Crippen LogP contribution in [0.3, 0.4) is 0 Å². The number of amides is 1. The molecule has 1 amide bonds. The van der Waals surface area contributed by atoms with Crippen LogP contribution in [-0.2, 0) is 15.6 Å². The van der Waals surface area contributed by atoms with Gasteiger partial charge >= 0.3 is 0 Å². The predicted octanol–water partition coefficient (Wildman–Crippen LogP) is 2.13. The maximum Gasteiger partial charge on any atom is 0.223 e. The Labute approximate surface area is 148 Å². The average molecular weight is 344 g/mol. The number of guanidine groups is 2. The van der Waals surface area contributed by atoms with Crippen LogP contribution in [0.15, 0.2) is 16.1 Å². The Hall–Kier alpha value is -2.57. The standard InChI is InChI=1S/C18H28N6O/c1-9-12(22-10(2)25)7-11-13(18(5,6)8-17(11,3)4)14(9)23-16(21)24-15(19)20/h7H,8H2,1-6H3,(H,22,25)(H6,19,20,21,23,24). The van der Waals surface area contributed by atoms with Gasteiger partial charge in [0.15, 0.2) is 5.96 Å². The molecule has 0 atom stereocenters. The largest absolute Gasteiger partial charge is 0.370 e. The number of nitrogens with two attached hydrogens (primary N) is 3. The van der Waals surface area contributed by atoms with E-state index in [1.807, 2.05) is 6.92 Å². The lowest BCUT2D eigenvalue weighted by Crippen LogP contribution is -2.26. The number of anilines is 1. The Morgan fingerprint density at radius 3 is 2.28 bits per heavy atom. The van der Waals surface area contributed by atoms with E-state index in [-0.39, 0.29) is 28.7 Å². The van der Waals surface area contributed by atoms with E-state index in [0.29, 0.717) is 0 Å². The molecule has 0 aliphatic heterocycles. The summed E-state index contributed by atoms with van der Waals surface area (Å²) in [4.78, 5) is 19.9. The molecule has 0 unspecified atom stereocenters. The molecule has 25 heavy (non-hydrogen) atoms. The smallest absolute Gasteiger partial charge is 0.223 e. The van der Waals surface area contributed by atoms with Gasteiger partial charge in [0.25, 0.3) is 0 Å². The summed E-state index contributed by atoms with van der Waals surface area (Å²) in [6, 6.07) is 2.05. The zero-order valence-corrected chi connectivity index (χ0v) is 15.8. The first-order chi connectivity index (χ1) is 11.3. The lowest BCUT2D eigenvalue weighted by molar-refractivity contribution is -0.114. The molecule has 1 aromatic rings. The summed E-state index contributed by atoms with van der Waals surface area (Å²) in [6.07, 6.45) is 0.961. The van der Waals surface area contributed by atoms with E-state index in [4.69, 9.17) is 17.2 Å². The van der Waals surface area contributed by atoms with Crippen LogP contribution in [0.4, 0.5) is 11.4 Å². The van der Waals surface area contributed by atoms with E-state index in [9.17, 15) is 4.79 Å². The minimum Gasteiger partial charge on any atom is -0.370 e. The Morgan fingerprint density at radius 2 is 1.76 bits per heavy atom. The van der Waals surface area contributed by atoms with Crippen molar-refractivity contribution in [1.82, 2.24) is 0 Å². The third kappa shape index (κ3) is 3.60. The summed E-state index contributed by atoms with van der Waals surface area (Å²) in [5.74, 6) is -0.288. The highest BCUT2D eigenvalue weighted by Crippen LogP contribution is 2.54. The maximum atomic E-state index is 11.6. The van der Waals surface area contributed by atoms with Crippen LogP contribution in [-0.4, -0.2) is 17.8 Å². The summed E-state index contributed by atoms with van der Waals surface area (Å²) in [7, 11) is 0. The topological polar surface area (TPSA) is 132 Å². The first-order valence-corrected chi connectivity index (χ1v) is 8.25. The van der Waals surface area contributed by atoms with Gasteiger partial charge in [0.2, 0.25) is 11.9 Å². The Morgan fingerprint density at radius 1 is 1.16 bits per heavy atom. The second-order valence-corrected chi connectivity index (χ2v) is 7.95. The van der Waals surface area contributed by atoms with Crippen molar-refractivity contribution in [1.29, 1.82) is 0 Å². The molecule has 0 bridgehead atoms. The van der Waals surface area contributed by atoms with E-state index in [0.717, 1.165) is 34.5 Å². The van der Waals surface area contributed by atoms with Crippen molar-refractivity contribution in [2.75, 3.05) is 5.32 Å². The molecule has 0 fully saturated rings. The first kappa shape index (κ1) is 18.8. The van der Waals surface area contributed by atoms with Gasteiger partial charge in [0, 0.05) is 12.6 Å². The van der Waals surface area contributed by atoms with Crippen LogP contribution in [0, 0.1) is 6.92 Å². The summed E-state index contributed by atoms with van der Waals surface area (Å²) in [6.45, 7) is 12.2. The number of fused-ring (bicyclic) bond motifs is 1. The molecule has 7 heteroatoms. The van der Waals surface area contributed by atoms with Gasteiger partial charge in [0.05, 0.1) is 5.69 Å². The van der Waals surface area contributed by atoms with E-state index in [1.165, 1.54) is 6.92 Å². The summed E-state index contributed by atoms with van der Waals surface area (Å²) in [5.41, 5.74) is 21.1. The van der Waals surface area contributed by atoms with Crippen LogP contribution < -0.4 is 22.5 Å². The summed E-state index contributed by atoms with van der Waals surface area (Å²) < 4.78 is 0. The predicted molar refractivity (Wildman–Crippen MR) is 103 cm³/mol. The van der Waals surface area contributed by atoms with Crippen molar-refractivity contribution in [3.63, 3.8) is 0 Å².